The molecule has 0 saturated heterocycles. The van der Waals surface area contributed by atoms with Gasteiger partial charge in [-0.15, -0.1) is 0 Å². The summed E-state index contributed by atoms with van der Waals surface area (Å²) in [5.74, 6) is 0.193. The first-order valence-corrected chi connectivity index (χ1v) is 8.05. The lowest BCUT2D eigenvalue weighted by Gasteiger charge is -2.09. The van der Waals surface area contributed by atoms with Crippen molar-refractivity contribution in [1.82, 2.24) is 15.0 Å². The van der Waals surface area contributed by atoms with Crippen LogP contribution in [-0.2, 0) is 9.59 Å². The molecule has 9 heteroatoms. The van der Waals surface area contributed by atoms with Crippen LogP contribution < -0.4 is 15.8 Å². The molecule has 0 radical (unpaired) electrons. The van der Waals surface area contributed by atoms with Gasteiger partial charge in [-0.2, -0.15) is 0 Å². The maximum absolute atomic E-state index is 11.8. The number of aryl methyl sites for hydroxylation is 1. The van der Waals surface area contributed by atoms with Crippen LogP contribution in [0.4, 0.5) is 5.82 Å². The molecule has 0 aliphatic rings. The van der Waals surface area contributed by atoms with Crippen molar-refractivity contribution in [2.45, 2.75) is 13.8 Å². The Morgan fingerprint density at radius 3 is 2.59 bits per heavy atom. The normalized spacial score (nSPS) is 11.6. The van der Waals surface area contributed by atoms with E-state index in [1.54, 1.807) is 43.6 Å². The van der Waals surface area contributed by atoms with Crippen molar-refractivity contribution in [3.05, 3.63) is 48.7 Å². The van der Waals surface area contributed by atoms with E-state index in [2.05, 4.69) is 20.3 Å². The molecule has 0 spiro atoms. The van der Waals surface area contributed by atoms with Gasteiger partial charge in [0, 0.05) is 19.2 Å². The Balaban J connectivity index is 1.68. The Hall–Kier alpha value is -3.75. The maximum Gasteiger partial charge on any atom is 0.237 e. The molecule has 3 aromatic heterocycles. The van der Waals surface area contributed by atoms with Crippen molar-refractivity contribution in [3.8, 4) is 23.0 Å². The Kier molecular flexibility index (Phi) is 5.11. The van der Waals surface area contributed by atoms with Gasteiger partial charge in [0.25, 0.3) is 0 Å². The van der Waals surface area contributed by atoms with E-state index in [0.717, 1.165) is 0 Å². The first-order valence-electron chi connectivity index (χ1n) is 8.05. The van der Waals surface area contributed by atoms with Gasteiger partial charge in [-0.3, -0.25) is 14.6 Å². The average molecular weight is 367 g/mol. The number of hydrogen-bond acceptors (Lipinski definition) is 7. The first-order chi connectivity index (χ1) is 12.9. The van der Waals surface area contributed by atoms with Gasteiger partial charge in [0.2, 0.25) is 11.8 Å². The number of nitrogens with one attached hydrogen (secondary N) is 1. The van der Waals surface area contributed by atoms with Gasteiger partial charge in [0.05, 0.1) is 12.4 Å². The number of aromatic nitrogens is 3. The van der Waals surface area contributed by atoms with Crippen LogP contribution in [0.15, 0.2) is 47.3 Å². The molecule has 9 nitrogen and oxygen atoms in total. The molecular weight excluding hydrogens is 350 g/mol. The smallest absolute Gasteiger partial charge is 0.237 e. The fraction of sp³-hybridized carbons (Fsp3) is 0.167. The molecule has 0 aromatic carbocycles. The zero-order valence-corrected chi connectivity index (χ0v) is 14.7. The zero-order valence-electron chi connectivity index (χ0n) is 14.7. The van der Waals surface area contributed by atoms with Crippen molar-refractivity contribution in [1.29, 1.82) is 0 Å². The highest BCUT2D eigenvalue weighted by Gasteiger charge is 2.18. The monoisotopic (exact) mass is 367 g/mol. The molecule has 27 heavy (non-hydrogen) atoms. The highest BCUT2D eigenvalue weighted by atomic mass is 16.5. The van der Waals surface area contributed by atoms with Crippen LogP contribution in [0.1, 0.15) is 12.8 Å². The van der Waals surface area contributed by atoms with Gasteiger partial charge in [-0.05, 0) is 25.1 Å². The van der Waals surface area contributed by atoms with E-state index in [1.165, 1.54) is 13.1 Å². The molecule has 138 valence electrons. The van der Waals surface area contributed by atoms with Crippen LogP contribution in [0.3, 0.4) is 0 Å². The van der Waals surface area contributed by atoms with Crippen LogP contribution in [0.5, 0.6) is 11.5 Å². The summed E-state index contributed by atoms with van der Waals surface area (Å²) in [7, 11) is 0. The number of rotatable bonds is 6. The molecule has 0 fully saturated rings. The van der Waals surface area contributed by atoms with Crippen molar-refractivity contribution in [2.24, 2.45) is 11.7 Å². The molecule has 3 N–H and O–H groups in total. The second-order valence-electron chi connectivity index (χ2n) is 5.71. The third kappa shape index (κ3) is 4.46. The summed E-state index contributed by atoms with van der Waals surface area (Å²) in [4.78, 5) is 35.2. The van der Waals surface area contributed by atoms with Crippen LogP contribution in [0.25, 0.3) is 11.5 Å². The summed E-state index contributed by atoms with van der Waals surface area (Å²) >= 11 is 0. The minimum absolute atomic E-state index is 0.285. The van der Waals surface area contributed by atoms with Crippen molar-refractivity contribution in [2.75, 3.05) is 5.32 Å². The summed E-state index contributed by atoms with van der Waals surface area (Å²) in [5, 5.41) is 2.51. The summed E-state index contributed by atoms with van der Waals surface area (Å²) < 4.78 is 11.2. The van der Waals surface area contributed by atoms with Gasteiger partial charge < -0.3 is 20.2 Å². The first kappa shape index (κ1) is 18.1. The number of hydrogen-bond donors (Lipinski definition) is 2. The van der Waals surface area contributed by atoms with E-state index in [0.29, 0.717) is 28.8 Å². The van der Waals surface area contributed by atoms with Gasteiger partial charge in [-0.1, -0.05) is 0 Å². The number of carbonyl (C=O) groups excluding carboxylic acids is 2. The number of pyridine rings is 2. The number of oxazole rings is 1. The molecular formula is C18H17N5O4. The van der Waals surface area contributed by atoms with Crippen LogP contribution in [0.2, 0.25) is 0 Å². The third-order valence-electron chi connectivity index (χ3n) is 3.65. The standard InChI is InChI=1S/C18H17N5O4/c1-10(17(19)24)18(25)23-16-4-3-13(8-22-16)27-12-5-6-20-14(7-12)15-9-21-11(2)26-15/h3-10H,1-2H3,(H2,19,24)(H,22,23,25). The quantitative estimate of drug-likeness (QED) is 0.638. The van der Waals surface area contributed by atoms with E-state index in [-0.39, 0.29) is 5.82 Å². The Bertz CT molecular complexity index is 968. The van der Waals surface area contributed by atoms with Gasteiger partial charge in [0.1, 0.15) is 28.9 Å². The highest BCUT2D eigenvalue weighted by Crippen LogP contribution is 2.26. The van der Waals surface area contributed by atoms with Crippen LogP contribution in [0, 0.1) is 12.8 Å². The van der Waals surface area contributed by atoms with Crippen molar-refractivity contribution < 1.29 is 18.7 Å². The SMILES string of the molecule is Cc1ncc(-c2cc(Oc3ccc(NC(=O)C(C)C(N)=O)nc3)ccn2)o1. The highest BCUT2D eigenvalue weighted by molar-refractivity contribution is 6.05. The fourth-order valence-electron chi connectivity index (χ4n) is 2.10. The predicted octanol–water partition coefficient (Wildman–Crippen LogP) is 2.29. The topological polar surface area (TPSA) is 133 Å². The molecule has 3 rings (SSSR count). The minimum atomic E-state index is -0.947. The molecule has 0 saturated carbocycles. The summed E-state index contributed by atoms with van der Waals surface area (Å²) in [6.45, 7) is 3.17. The lowest BCUT2D eigenvalue weighted by molar-refractivity contribution is -0.129. The second kappa shape index (κ2) is 7.65. The number of nitrogens with zero attached hydrogens (tertiary/aromatic N) is 3. The van der Waals surface area contributed by atoms with Crippen LogP contribution in [-0.4, -0.2) is 26.8 Å². The molecule has 2 amide bonds. The number of ether oxygens (including phenoxy) is 1. The number of carbonyl (C=O) groups is 2. The van der Waals surface area contributed by atoms with E-state index < -0.39 is 17.7 Å². The molecule has 0 aliphatic heterocycles. The van der Waals surface area contributed by atoms with Gasteiger partial charge >= 0.3 is 0 Å². The van der Waals surface area contributed by atoms with E-state index >= 15 is 0 Å². The number of anilines is 1. The minimum Gasteiger partial charge on any atom is -0.456 e. The Labute approximate surface area is 154 Å². The van der Waals surface area contributed by atoms with Crippen molar-refractivity contribution >= 4 is 17.6 Å². The second-order valence-corrected chi connectivity index (χ2v) is 5.71. The Morgan fingerprint density at radius 1 is 1.15 bits per heavy atom. The molecule has 1 unspecified atom stereocenters. The van der Waals surface area contributed by atoms with Crippen molar-refractivity contribution in [3.63, 3.8) is 0 Å². The van der Waals surface area contributed by atoms with Gasteiger partial charge in [0.15, 0.2) is 11.7 Å². The molecule has 3 aromatic rings. The summed E-state index contributed by atoms with van der Waals surface area (Å²) in [6, 6.07) is 6.60. The largest absolute Gasteiger partial charge is 0.456 e. The zero-order chi connectivity index (χ0) is 19.4. The summed E-state index contributed by atoms with van der Waals surface area (Å²) in [5.41, 5.74) is 5.69. The number of primary amides is 1. The lowest BCUT2D eigenvalue weighted by atomic mass is 10.1. The predicted molar refractivity (Wildman–Crippen MR) is 95.8 cm³/mol. The Morgan fingerprint density at radius 2 is 1.96 bits per heavy atom. The van der Waals surface area contributed by atoms with Crippen LogP contribution >= 0.6 is 0 Å². The van der Waals surface area contributed by atoms with E-state index in [4.69, 9.17) is 14.9 Å². The van der Waals surface area contributed by atoms with E-state index in [1.807, 2.05) is 0 Å². The third-order valence-corrected chi connectivity index (χ3v) is 3.65. The molecule has 0 bridgehead atoms. The average Bonchev–Trinajstić information content (AvgIpc) is 3.09. The van der Waals surface area contributed by atoms with Gasteiger partial charge in [-0.25, -0.2) is 9.97 Å². The fourth-order valence-corrected chi connectivity index (χ4v) is 2.10. The maximum atomic E-state index is 11.8. The lowest BCUT2D eigenvalue weighted by Crippen LogP contribution is -2.32. The number of amides is 2. The molecule has 3 heterocycles. The molecule has 0 aliphatic carbocycles. The number of nitrogens with two attached hydrogens (primary N) is 1. The molecule has 1 atom stereocenters. The van der Waals surface area contributed by atoms with E-state index in [9.17, 15) is 9.59 Å². The summed E-state index contributed by atoms with van der Waals surface area (Å²) in [6.07, 6.45) is 4.63.